The van der Waals surface area contributed by atoms with E-state index >= 15 is 0 Å². The summed E-state index contributed by atoms with van der Waals surface area (Å²) in [6.45, 7) is 0. The van der Waals surface area contributed by atoms with Crippen molar-refractivity contribution in [2.75, 3.05) is 14.2 Å². The summed E-state index contributed by atoms with van der Waals surface area (Å²) in [4.78, 5) is 26.8. The van der Waals surface area contributed by atoms with E-state index in [2.05, 4.69) is 10.3 Å². The fourth-order valence-electron chi connectivity index (χ4n) is 3.15. The van der Waals surface area contributed by atoms with Crippen LogP contribution < -0.4 is 14.8 Å². The van der Waals surface area contributed by atoms with Crippen LogP contribution in [-0.4, -0.2) is 40.6 Å². The Kier molecular flexibility index (Phi) is 5.06. The summed E-state index contributed by atoms with van der Waals surface area (Å²) < 4.78 is 12.2. The average molecular weight is 360 g/mol. The molecule has 0 radical (unpaired) electrons. The highest BCUT2D eigenvalue weighted by Crippen LogP contribution is 2.34. The normalized spacial score (nSPS) is 14.2. The summed E-state index contributed by atoms with van der Waals surface area (Å²) in [5.74, 6) is 0.138. The van der Waals surface area contributed by atoms with E-state index in [4.69, 9.17) is 9.47 Å². The molecular formula is C17H20N4O5. The van der Waals surface area contributed by atoms with Crippen molar-refractivity contribution >= 4 is 11.7 Å². The molecule has 0 spiro atoms. The van der Waals surface area contributed by atoms with Crippen molar-refractivity contribution < 1.29 is 19.2 Å². The van der Waals surface area contributed by atoms with Crippen LogP contribution in [0.5, 0.6) is 11.5 Å². The molecule has 1 aliphatic carbocycles. The fourth-order valence-corrected chi connectivity index (χ4v) is 3.15. The number of benzene rings is 1. The number of ether oxygens (including phenoxy) is 2. The second kappa shape index (κ2) is 7.42. The van der Waals surface area contributed by atoms with E-state index in [-0.39, 0.29) is 17.8 Å². The van der Waals surface area contributed by atoms with Gasteiger partial charge in [0.25, 0.3) is 5.91 Å². The molecule has 1 saturated carbocycles. The van der Waals surface area contributed by atoms with Crippen LogP contribution in [0.1, 0.15) is 36.0 Å². The number of hydrogen-bond donors (Lipinski definition) is 1. The summed E-state index contributed by atoms with van der Waals surface area (Å²) in [7, 11) is 2.93. The van der Waals surface area contributed by atoms with Crippen molar-refractivity contribution in [1.29, 1.82) is 0 Å². The van der Waals surface area contributed by atoms with Gasteiger partial charge < -0.3 is 24.9 Å². The Morgan fingerprint density at radius 2 is 2.04 bits per heavy atom. The fraction of sp³-hybridized carbons (Fsp3) is 0.412. The van der Waals surface area contributed by atoms with Crippen LogP contribution in [0, 0.1) is 10.1 Å². The Balaban J connectivity index is 2.00. The number of nitrogens with one attached hydrogen (secondary N) is 1. The van der Waals surface area contributed by atoms with Crippen molar-refractivity contribution in [2.24, 2.45) is 0 Å². The van der Waals surface area contributed by atoms with Gasteiger partial charge in [0.1, 0.15) is 6.20 Å². The Bertz CT molecular complexity index is 827. The average Bonchev–Trinajstić information content (AvgIpc) is 3.32. The SMILES string of the molecule is COc1cc(-n2cnc([N+](=O)[O-])c2)cc(C(=O)NC2CCCC2)c1OC. The maximum absolute atomic E-state index is 12.8. The maximum Gasteiger partial charge on any atom is 0.381 e. The van der Waals surface area contributed by atoms with Crippen molar-refractivity contribution in [3.05, 3.63) is 40.3 Å². The summed E-state index contributed by atoms with van der Waals surface area (Å²) in [5, 5.41) is 13.9. The molecule has 3 rings (SSSR count). The minimum absolute atomic E-state index is 0.149. The number of hydrogen-bond acceptors (Lipinski definition) is 6. The lowest BCUT2D eigenvalue weighted by Crippen LogP contribution is -2.33. The number of nitro groups is 1. The molecule has 0 bridgehead atoms. The smallest absolute Gasteiger partial charge is 0.381 e. The van der Waals surface area contributed by atoms with Gasteiger partial charge in [-0.15, -0.1) is 0 Å². The topological polar surface area (TPSA) is 109 Å². The second-order valence-electron chi connectivity index (χ2n) is 6.08. The molecule has 1 aromatic heterocycles. The number of imidazole rings is 1. The zero-order chi connectivity index (χ0) is 18.7. The molecular weight excluding hydrogens is 340 g/mol. The third-order valence-corrected chi connectivity index (χ3v) is 4.45. The van der Waals surface area contributed by atoms with Crippen LogP contribution in [0.15, 0.2) is 24.7 Å². The first-order chi connectivity index (χ1) is 12.5. The number of aromatic nitrogens is 2. The summed E-state index contributed by atoms with van der Waals surface area (Å²) in [6.07, 6.45) is 6.71. The zero-order valence-corrected chi connectivity index (χ0v) is 14.6. The van der Waals surface area contributed by atoms with Gasteiger partial charge in [0.2, 0.25) is 6.33 Å². The standard InChI is InChI=1S/C17H20N4O5/c1-25-14-8-12(20-9-15(18-10-20)21(23)24)7-13(16(14)26-2)17(22)19-11-5-3-4-6-11/h7-11H,3-6H2,1-2H3,(H,19,22). The number of methoxy groups -OCH3 is 2. The van der Waals surface area contributed by atoms with Gasteiger partial charge in [-0.2, -0.15) is 0 Å². The molecule has 0 atom stereocenters. The molecule has 1 aromatic carbocycles. The molecule has 1 N–H and O–H groups in total. The van der Waals surface area contributed by atoms with Crippen LogP contribution >= 0.6 is 0 Å². The maximum atomic E-state index is 12.8. The molecule has 1 heterocycles. The monoisotopic (exact) mass is 360 g/mol. The molecule has 9 heteroatoms. The Morgan fingerprint density at radius 1 is 1.31 bits per heavy atom. The minimum atomic E-state index is -0.578. The van der Waals surface area contributed by atoms with E-state index in [1.807, 2.05) is 0 Å². The first-order valence-corrected chi connectivity index (χ1v) is 8.29. The van der Waals surface area contributed by atoms with E-state index in [1.54, 1.807) is 12.1 Å². The quantitative estimate of drug-likeness (QED) is 0.626. The summed E-state index contributed by atoms with van der Waals surface area (Å²) >= 11 is 0. The lowest BCUT2D eigenvalue weighted by atomic mass is 10.1. The number of rotatable bonds is 6. The van der Waals surface area contributed by atoms with Crippen LogP contribution in [0.3, 0.4) is 0 Å². The van der Waals surface area contributed by atoms with Crippen LogP contribution in [0.4, 0.5) is 5.82 Å². The molecule has 0 aliphatic heterocycles. The van der Waals surface area contributed by atoms with Gasteiger partial charge in [0.15, 0.2) is 11.5 Å². The van der Waals surface area contributed by atoms with Crippen molar-refractivity contribution in [3.63, 3.8) is 0 Å². The van der Waals surface area contributed by atoms with Crippen LogP contribution in [-0.2, 0) is 0 Å². The zero-order valence-electron chi connectivity index (χ0n) is 14.6. The third kappa shape index (κ3) is 3.46. The molecule has 1 aliphatic rings. The Hall–Kier alpha value is -3.10. The van der Waals surface area contributed by atoms with Crippen LogP contribution in [0.2, 0.25) is 0 Å². The van der Waals surface area contributed by atoms with Crippen LogP contribution in [0.25, 0.3) is 5.69 Å². The van der Waals surface area contributed by atoms with E-state index in [9.17, 15) is 14.9 Å². The second-order valence-corrected chi connectivity index (χ2v) is 6.08. The largest absolute Gasteiger partial charge is 0.493 e. The van der Waals surface area contributed by atoms with E-state index in [0.29, 0.717) is 22.7 Å². The lowest BCUT2D eigenvalue weighted by Gasteiger charge is -2.17. The van der Waals surface area contributed by atoms with Crippen molar-refractivity contribution in [3.8, 4) is 17.2 Å². The van der Waals surface area contributed by atoms with Crippen molar-refractivity contribution in [1.82, 2.24) is 14.9 Å². The van der Waals surface area contributed by atoms with Gasteiger partial charge in [-0.25, -0.2) is 0 Å². The third-order valence-electron chi connectivity index (χ3n) is 4.45. The lowest BCUT2D eigenvalue weighted by molar-refractivity contribution is -0.389. The van der Waals surface area contributed by atoms with E-state index < -0.39 is 4.92 Å². The molecule has 0 saturated heterocycles. The van der Waals surface area contributed by atoms with Gasteiger partial charge >= 0.3 is 5.82 Å². The highest BCUT2D eigenvalue weighted by Gasteiger charge is 2.24. The van der Waals surface area contributed by atoms with Gasteiger partial charge in [0.05, 0.1) is 25.5 Å². The van der Waals surface area contributed by atoms with E-state index in [0.717, 1.165) is 25.7 Å². The first kappa shape index (κ1) is 17.7. The molecule has 0 unspecified atom stereocenters. The van der Waals surface area contributed by atoms with Crippen molar-refractivity contribution in [2.45, 2.75) is 31.7 Å². The van der Waals surface area contributed by atoms with E-state index in [1.165, 1.54) is 31.3 Å². The number of nitrogens with zero attached hydrogens (tertiary/aromatic N) is 3. The highest BCUT2D eigenvalue weighted by atomic mass is 16.6. The summed E-state index contributed by atoms with van der Waals surface area (Å²) in [5.41, 5.74) is 0.824. The van der Waals surface area contributed by atoms with Gasteiger partial charge in [-0.1, -0.05) is 12.8 Å². The predicted molar refractivity (Wildman–Crippen MR) is 93.0 cm³/mol. The Labute approximate surface area is 150 Å². The molecule has 9 nitrogen and oxygen atoms in total. The molecule has 138 valence electrons. The molecule has 26 heavy (non-hydrogen) atoms. The molecule has 1 amide bonds. The number of carbonyl (C=O) groups excluding carboxylic acids is 1. The molecule has 2 aromatic rings. The predicted octanol–water partition coefficient (Wildman–Crippen LogP) is 2.47. The molecule has 1 fully saturated rings. The number of carbonyl (C=O) groups is 1. The van der Waals surface area contributed by atoms with Gasteiger partial charge in [-0.3, -0.25) is 9.36 Å². The first-order valence-electron chi connectivity index (χ1n) is 8.29. The van der Waals surface area contributed by atoms with Gasteiger partial charge in [-0.05, 0) is 28.8 Å². The minimum Gasteiger partial charge on any atom is -0.493 e. The number of amides is 1. The summed E-state index contributed by atoms with van der Waals surface area (Å²) in [6, 6.07) is 3.39. The van der Waals surface area contributed by atoms with Gasteiger partial charge in [0, 0.05) is 12.1 Å². The highest BCUT2D eigenvalue weighted by molar-refractivity contribution is 5.98. The Morgan fingerprint density at radius 3 is 2.62 bits per heavy atom.